The number of nitrogens with two attached hydrogens (primary N) is 1. The molecule has 0 heterocycles. The molecule has 5 nitrogen and oxygen atoms in total. The highest BCUT2D eigenvalue weighted by Crippen LogP contribution is 2.26. The van der Waals surface area contributed by atoms with Crippen molar-refractivity contribution >= 4 is 5.97 Å². The molecule has 0 bridgehead atoms. The molecule has 0 aliphatic rings. The van der Waals surface area contributed by atoms with Crippen LogP contribution in [0.25, 0.3) is 0 Å². The smallest absolute Gasteiger partial charge is 0.343 e. The van der Waals surface area contributed by atoms with Crippen LogP contribution in [0.4, 0.5) is 0 Å². The third-order valence-corrected chi connectivity index (χ3v) is 3.09. The van der Waals surface area contributed by atoms with Crippen LogP contribution in [0, 0.1) is 0 Å². The summed E-state index contributed by atoms with van der Waals surface area (Å²) in [6.45, 7) is 4.61. The summed E-state index contributed by atoms with van der Waals surface area (Å²) in [5.74, 6) is 0.934. The number of carbonyl (C=O) groups excluding carboxylic acids is 1. The van der Waals surface area contributed by atoms with E-state index in [2.05, 4.69) is 4.74 Å². The molecule has 0 aromatic heterocycles. The molecule has 0 saturated heterocycles. The first-order valence-corrected chi connectivity index (χ1v) is 7.31. The summed E-state index contributed by atoms with van der Waals surface area (Å²) in [6, 6.07) is 5.70. The highest BCUT2D eigenvalue weighted by atomic mass is 16.6. The molecule has 21 heavy (non-hydrogen) atoms. The molecule has 0 amide bonds. The Hall–Kier alpha value is -1.75. The average molecular weight is 295 g/mol. The van der Waals surface area contributed by atoms with Gasteiger partial charge in [0, 0.05) is 12.1 Å². The average Bonchev–Trinajstić information content (AvgIpc) is 2.51. The minimum absolute atomic E-state index is 0.0629. The maximum Gasteiger partial charge on any atom is 0.343 e. The van der Waals surface area contributed by atoms with E-state index in [1.165, 1.54) is 7.11 Å². The van der Waals surface area contributed by atoms with Crippen LogP contribution in [0.1, 0.15) is 32.3 Å². The van der Waals surface area contributed by atoms with Gasteiger partial charge in [-0.3, -0.25) is 0 Å². The van der Waals surface area contributed by atoms with E-state index in [4.69, 9.17) is 15.2 Å². The molecule has 1 aromatic carbocycles. The fourth-order valence-corrected chi connectivity index (χ4v) is 1.77. The van der Waals surface area contributed by atoms with Crippen molar-refractivity contribution in [2.24, 2.45) is 5.73 Å². The molecule has 0 saturated carbocycles. The van der Waals surface area contributed by atoms with E-state index in [1.807, 2.05) is 26.0 Å². The highest BCUT2D eigenvalue weighted by Gasteiger charge is 2.11. The fraction of sp³-hybridized carbons (Fsp3) is 0.562. The zero-order valence-electron chi connectivity index (χ0n) is 13.1. The maximum absolute atomic E-state index is 11.2. The first-order valence-electron chi connectivity index (χ1n) is 7.31. The lowest BCUT2D eigenvalue weighted by Gasteiger charge is -2.15. The minimum atomic E-state index is -0.416. The fourth-order valence-electron chi connectivity index (χ4n) is 1.77. The van der Waals surface area contributed by atoms with Crippen molar-refractivity contribution in [3.05, 3.63) is 23.8 Å². The van der Waals surface area contributed by atoms with Crippen LogP contribution in [0.2, 0.25) is 0 Å². The van der Waals surface area contributed by atoms with Gasteiger partial charge in [-0.05, 0) is 30.9 Å². The summed E-state index contributed by atoms with van der Waals surface area (Å²) in [6.07, 6.45) is 2.51. The Morgan fingerprint density at radius 3 is 2.67 bits per heavy atom. The van der Waals surface area contributed by atoms with Crippen LogP contribution < -0.4 is 15.2 Å². The molecular formula is C16H25NO4. The predicted molar refractivity (Wildman–Crippen MR) is 81.7 cm³/mol. The second-order valence-corrected chi connectivity index (χ2v) is 4.86. The number of esters is 1. The van der Waals surface area contributed by atoms with Crippen molar-refractivity contribution in [2.75, 3.05) is 20.3 Å². The van der Waals surface area contributed by atoms with Gasteiger partial charge in [0.15, 0.2) is 6.61 Å². The van der Waals surface area contributed by atoms with Crippen molar-refractivity contribution in [3.8, 4) is 11.5 Å². The standard InChI is InChI=1S/C16H25NO4/c1-4-8-20-14-7-6-12(9-13(17)5-2)15(10-14)21-11-16(18)19-3/h6-7,10,13H,4-5,8-9,11,17H2,1-3H3. The highest BCUT2D eigenvalue weighted by molar-refractivity contribution is 5.71. The molecule has 118 valence electrons. The van der Waals surface area contributed by atoms with Gasteiger partial charge < -0.3 is 19.9 Å². The quantitative estimate of drug-likeness (QED) is 0.708. The van der Waals surface area contributed by atoms with E-state index in [1.54, 1.807) is 6.07 Å². The molecule has 1 atom stereocenters. The Labute approximate surface area is 126 Å². The molecule has 0 fully saturated rings. The topological polar surface area (TPSA) is 70.8 Å². The summed E-state index contributed by atoms with van der Waals surface area (Å²) < 4.78 is 15.7. The van der Waals surface area contributed by atoms with Crippen molar-refractivity contribution < 1.29 is 19.0 Å². The summed E-state index contributed by atoms with van der Waals surface area (Å²) in [7, 11) is 1.33. The largest absolute Gasteiger partial charge is 0.493 e. The van der Waals surface area contributed by atoms with Gasteiger partial charge >= 0.3 is 5.97 Å². The van der Waals surface area contributed by atoms with Gasteiger partial charge in [-0.2, -0.15) is 0 Å². The number of benzene rings is 1. The summed E-state index contributed by atoms with van der Waals surface area (Å²) >= 11 is 0. The van der Waals surface area contributed by atoms with Gasteiger partial charge in [0.25, 0.3) is 0 Å². The zero-order chi connectivity index (χ0) is 15.7. The Bertz CT molecular complexity index is 448. The van der Waals surface area contributed by atoms with Crippen LogP contribution >= 0.6 is 0 Å². The lowest BCUT2D eigenvalue weighted by molar-refractivity contribution is -0.142. The SMILES string of the molecule is CCCOc1ccc(CC(N)CC)c(OCC(=O)OC)c1. The van der Waals surface area contributed by atoms with Gasteiger partial charge in [-0.15, -0.1) is 0 Å². The summed E-state index contributed by atoms with van der Waals surface area (Å²) in [5.41, 5.74) is 6.97. The Balaban J connectivity index is 2.86. The van der Waals surface area contributed by atoms with E-state index >= 15 is 0 Å². The van der Waals surface area contributed by atoms with Crippen LogP contribution in [0.15, 0.2) is 18.2 Å². The monoisotopic (exact) mass is 295 g/mol. The number of hydrogen-bond acceptors (Lipinski definition) is 5. The van der Waals surface area contributed by atoms with E-state index in [0.29, 0.717) is 18.8 Å². The maximum atomic E-state index is 11.2. The van der Waals surface area contributed by atoms with Crippen LogP contribution in [0.3, 0.4) is 0 Å². The van der Waals surface area contributed by atoms with Crippen molar-refractivity contribution in [1.29, 1.82) is 0 Å². The van der Waals surface area contributed by atoms with Gasteiger partial charge in [0.05, 0.1) is 13.7 Å². The number of rotatable bonds is 9. The van der Waals surface area contributed by atoms with Crippen LogP contribution in [-0.2, 0) is 16.0 Å². The molecule has 1 rings (SSSR count). The third-order valence-electron chi connectivity index (χ3n) is 3.09. The molecule has 1 unspecified atom stereocenters. The molecule has 0 aliphatic carbocycles. The Kier molecular flexibility index (Phi) is 7.61. The number of methoxy groups -OCH3 is 1. The van der Waals surface area contributed by atoms with Gasteiger partial charge in [0.2, 0.25) is 0 Å². The molecule has 1 aromatic rings. The molecular weight excluding hydrogens is 270 g/mol. The van der Waals surface area contributed by atoms with Gasteiger partial charge in [0.1, 0.15) is 11.5 Å². The first kappa shape index (κ1) is 17.3. The molecule has 0 aliphatic heterocycles. The van der Waals surface area contributed by atoms with Crippen LogP contribution in [-0.4, -0.2) is 32.3 Å². The van der Waals surface area contributed by atoms with E-state index in [-0.39, 0.29) is 12.6 Å². The van der Waals surface area contributed by atoms with Crippen molar-refractivity contribution in [1.82, 2.24) is 0 Å². The predicted octanol–water partition coefficient (Wildman–Crippen LogP) is 2.31. The molecule has 5 heteroatoms. The van der Waals surface area contributed by atoms with E-state index < -0.39 is 5.97 Å². The summed E-state index contributed by atoms with van der Waals surface area (Å²) in [4.78, 5) is 11.2. The normalized spacial score (nSPS) is 11.8. The second kappa shape index (κ2) is 9.23. The molecule has 2 N–H and O–H groups in total. The van der Waals surface area contributed by atoms with Crippen molar-refractivity contribution in [2.45, 2.75) is 39.2 Å². The summed E-state index contributed by atoms with van der Waals surface area (Å²) in [5, 5.41) is 0. The van der Waals surface area contributed by atoms with E-state index in [0.717, 1.165) is 24.2 Å². The minimum Gasteiger partial charge on any atom is -0.493 e. The Morgan fingerprint density at radius 2 is 2.05 bits per heavy atom. The Morgan fingerprint density at radius 1 is 1.29 bits per heavy atom. The van der Waals surface area contributed by atoms with Gasteiger partial charge in [-0.1, -0.05) is 19.9 Å². The van der Waals surface area contributed by atoms with Crippen LogP contribution in [0.5, 0.6) is 11.5 Å². The number of ether oxygens (including phenoxy) is 3. The second-order valence-electron chi connectivity index (χ2n) is 4.86. The molecule has 0 radical (unpaired) electrons. The lowest BCUT2D eigenvalue weighted by atomic mass is 10.0. The van der Waals surface area contributed by atoms with Gasteiger partial charge in [-0.25, -0.2) is 4.79 Å². The number of hydrogen-bond donors (Lipinski definition) is 1. The zero-order valence-corrected chi connectivity index (χ0v) is 13.1. The van der Waals surface area contributed by atoms with Crippen molar-refractivity contribution in [3.63, 3.8) is 0 Å². The number of carbonyl (C=O) groups is 1. The van der Waals surface area contributed by atoms with E-state index in [9.17, 15) is 4.79 Å². The third kappa shape index (κ3) is 6.04. The lowest BCUT2D eigenvalue weighted by Crippen LogP contribution is -2.22. The first-order chi connectivity index (χ1) is 10.1. The molecule has 0 spiro atoms.